The molecule has 1 heterocycles. The fourth-order valence-corrected chi connectivity index (χ4v) is 3.08. The van der Waals surface area contributed by atoms with E-state index in [1.807, 2.05) is 18.2 Å². The lowest BCUT2D eigenvalue weighted by molar-refractivity contribution is 0.894. The van der Waals surface area contributed by atoms with Crippen molar-refractivity contribution in [1.82, 2.24) is 4.98 Å². The quantitative estimate of drug-likeness (QED) is 0.583. The number of halogens is 2. The molecular weight excluding hydrogens is 285 g/mol. The third-order valence-corrected chi connectivity index (χ3v) is 4.27. The van der Waals surface area contributed by atoms with Crippen molar-refractivity contribution in [2.75, 3.05) is 6.26 Å². The number of rotatable bonds is 4. The Kier molecular flexibility index (Phi) is 4.93. The molecule has 0 amide bonds. The van der Waals surface area contributed by atoms with Crippen LogP contribution in [-0.4, -0.2) is 11.2 Å². The zero-order chi connectivity index (χ0) is 13.0. The van der Waals surface area contributed by atoms with Crippen molar-refractivity contribution in [3.63, 3.8) is 0 Å². The first-order chi connectivity index (χ1) is 8.72. The highest BCUT2D eigenvalue weighted by Gasteiger charge is 2.14. The molecule has 0 radical (unpaired) electrons. The molecule has 1 nitrogen and oxygen atoms in total. The average Bonchev–Trinajstić information content (AvgIpc) is 2.41. The van der Waals surface area contributed by atoms with Crippen molar-refractivity contribution in [3.05, 3.63) is 58.9 Å². The van der Waals surface area contributed by atoms with Gasteiger partial charge in [0.05, 0.1) is 10.4 Å². The van der Waals surface area contributed by atoms with Gasteiger partial charge >= 0.3 is 0 Å². The van der Waals surface area contributed by atoms with E-state index in [9.17, 15) is 0 Å². The topological polar surface area (TPSA) is 12.9 Å². The van der Waals surface area contributed by atoms with Gasteiger partial charge in [-0.2, -0.15) is 0 Å². The van der Waals surface area contributed by atoms with Crippen LogP contribution in [0.15, 0.2) is 47.6 Å². The van der Waals surface area contributed by atoms with Crippen LogP contribution in [0, 0.1) is 0 Å². The summed E-state index contributed by atoms with van der Waals surface area (Å²) in [6.07, 6.45) is 6.16. The van der Waals surface area contributed by atoms with Crippen LogP contribution in [0.1, 0.15) is 16.5 Å². The number of benzene rings is 1. The minimum Gasteiger partial charge on any atom is -0.263 e. The molecule has 0 saturated heterocycles. The number of hydrogen-bond donors (Lipinski definition) is 0. The molecule has 1 atom stereocenters. The molecule has 0 saturated carbocycles. The van der Waals surface area contributed by atoms with Crippen LogP contribution in [0.5, 0.6) is 0 Å². The van der Waals surface area contributed by atoms with Gasteiger partial charge in [0.1, 0.15) is 0 Å². The van der Waals surface area contributed by atoms with Crippen LogP contribution in [0.3, 0.4) is 0 Å². The highest BCUT2D eigenvalue weighted by atomic mass is 35.5. The Morgan fingerprint density at radius 1 is 1.28 bits per heavy atom. The fraction of sp³-hybridized carbons (Fsp3) is 0.214. The molecule has 94 valence electrons. The van der Waals surface area contributed by atoms with E-state index in [1.165, 1.54) is 4.90 Å². The van der Waals surface area contributed by atoms with E-state index >= 15 is 0 Å². The first kappa shape index (κ1) is 13.7. The lowest BCUT2D eigenvalue weighted by atomic mass is 10.0. The van der Waals surface area contributed by atoms with Crippen molar-refractivity contribution in [3.8, 4) is 0 Å². The molecule has 4 heteroatoms. The summed E-state index contributed by atoms with van der Waals surface area (Å²) in [5.41, 5.74) is 2.18. The fourth-order valence-electron chi connectivity index (χ4n) is 1.80. The van der Waals surface area contributed by atoms with Crippen molar-refractivity contribution in [2.24, 2.45) is 0 Å². The second-order valence-electron chi connectivity index (χ2n) is 3.88. The van der Waals surface area contributed by atoms with Crippen LogP contribution in [0.25, 0.3) is 0 Å². The summed E-state index contributed by atoms with van der Waals surface area (Å²) in [6.45, 7) is 0. The van der Waals surface area contributed by atoms with Gasteiger partial charge in [0, 0.05) is 17.3 Å². The standard InChI is InChI=1S/C14H13Cl2NS/c1-18-14-5-3-2-4-11(14)12(15)8-10-6-7-17-9-13(10)16/h2-7,9,12H,8H2,1H3. The first-order valence-electron chi connectivity index (χ1n) is 5.57. The summed E-state index contributed by atoms with van der Waals surface area (Å²) in [5.74, 6) is 0. The van der Waals surface area contributed by atoms with Gasteiger partial charge in [0.15, 0.2) is 0 Å². The molecule has 1 aromatic carbocycles. The molecule has 0 N–H and O–H groups in total. The smallest absolute Gasteiger partial charge is 0.0637 e. The number of aromatic nitrogens is 1. The third kappa shape index (κ3) is 3.19. The van der Waals surface area contributed by atoms with Crippen LogP contribution in [0.2, 0.25) is 5.02 Å². The molecule has 2 aromatic rings. The van der Waals surface area contributed by atoms with Gasteiger partial charge in [-0.1, -0.05) is 29.8 Å². The Bertz CT molecular complexity index is 531. The molecule has 0 aliphatic heterocycles. The Morgan fingerprint density at radius 3 is 2.78 bits per heavy atom. The van der Waals surface area contributed by atoms with Gasteiger partial charge in [-0.3, -0.25) is 4.98 Å². The number of hydrogen-bond acceptors (Lipinski definition) is 2. The van der Waals surface area contributed by atoms with Crippen LogP contribution < -0.4 is 0 Å². The van der Waals surface area contributed by atoms with Gasteiger partial charge in [0.2, 0.25) is 0 Å². The Balaban J connectivity index is 2.22. The van der Waals surface area contributed by atoms with Gasteiger partial charge in [-0.25, -0.2) is 0 Å². The molecule has 0 aliphatic carbocycles. The highest BCUT2D eigenvalue weighted by Crippen LogP contribution is 2.33. The molecule has 1 unspecified atom stereocenters. The van der Waals surface area contributed by atoms with E-state index < -0.39 is 0 Å². The zero-order valence-corrected chi connectivity index (χ0v) is 12.3. The average molecular weight is 298 g/mol. The summed E-state index contributed by atoms with van der Waals surface area (Å²) in [7, 11) is 0. The van der Waals surface area contributed by atoms with E-state index in [0.29, 0.717) is 11.4 Å². The summed E-state index contributed by atoms with van der Waals surface area (Å²) in [4.78, 5) is 5.19. The zero-order valence-electron chi connectivity index (χ0n) is 9.94. The maximum Gasteiger partial charge on any atom is 0.0637 e. The Labute approximate surface area is 122 Å². The van der Waals surface area contributed by atoms with Gasteiger partial charge in [-0.15, -0.1) is 23.4 Å². The maximum atomic E-state index is 6.50. The van der Waals surface area contributed by atoms with Gasteiger partial charge in [-0.05, 0) is 35.9 Å². The largest absolute Gasteiger partial charge is 0.263 e. The number of pyridine rings is 1. The lowest BCUT2D eigenvalue weighted by Crippen LogP contribution is -1.98. The van der Waals surface area contributed by atoms with Crippen molar-refractivity contribution >= 4 is 35.0 Å². The number of nitrogens with zero attached hydrogens (tertiary/aromatic N) is 1. The molecule has 2 rings (SSSR count). The molecule has 0 bridgehead atoms. The van der Waals surface area contributed by atoms with Crippen molar-refractivity contribution < 1.29 is 0 Å². The normalized spacial score (nSPS) is 12.4. The van der Waals surface area contributed by atoms with Crippen LogP contribution >= 0.6 is 35.0 Å². The van der Waals surface area contributed by atoms with E-state index in [2.05, 4.69) is 23.4 Å². The maximum absolute atomic E-state index is 6.50. The predicted octanol–water partition coefficient (Wildman–Crippen LogP) is 4.98. The van der Waals surface area contributed by atoms with Crippen LogP contribution in [0.4, 0.5) is 0 Å². The van der Waals surface area contributed by atoms with E-state index in [1.54, 1.807) is 24.2 Å². The number of thioether (sulfide) groups is 1. The number of alkyl halides is 1. The van der Waals surface area contributed by atoms with E-state index in [-0.39, 0.29) is 5.38 Å². The van der Waals surface area contributed by atoms with Crippen molar-refractivity contribution in [1.29, 1.82) is 0 Å². The van der Waals surface area contributed by atoms with Gasteiger partial charge < -0.3 is 0 Å². The van der Waals surface area contributed by atoms with Crippen molar-refractivity contribution in [2.45, 2.75) is 16.7 Å². The molecule has 18 heavy (non-hydrogen) atoms. The molecule has 0 fully saturated rings. The minimum atomic E-state index is -0.0754. The third-order valence-electron chi connectivity index (χ3n) is 2.73. The summed E-state index contributed by atoms with van der Waals surface area (Å²) < 4.78 is 0. The summed E-state index contributed by atoms with van der Waals surface area (Å²) in [6, 6.07) is 10.1. The molecular formula is C14H13Cl2NS. The van der Waals surface area contributed by atoms with Gasteiger partial charge in [0.25, 0.3) is 0 Å². The molecule has 0 spiro atoms. The summed E-state index contributed by atoms with van der Waals surface area (Å²) in [5, 5.41) is 0.596. The SMILES string of the molecule is CSc1ccccc1C(Cl)Cc1ccncc1Cl. The monoisotopic (exact) mass is 297 g/mol. The Morgan fingerprint density at radius 2 is 2.06 bits per heavy atom. The van der Waals surface area contributed by atoms with Crippen LogP contribution in [-0.2, 0) is 6.42 Å². The van der Waals surface area contributed by atoms with E-state index in [4.69, 9.17) is 23.2 Å². The summed E-state index contributed by atoms with van der Waals surface area (Å²) >= 11 is 14.3. The molecule has 1 aromatic heterocycles. The predicted molar refractivity (Wildman–Crippen MR) is 79.8 cm³/mol. The Hall–Kier alpha value is -0.700. The lowest BCUT2D eigenvalue weighted by Gasteiger charge is -2.14. The minimum absolute atomic E-state index is 0.0754. The first-order valence-corrected chi connectivity index (χ1v) is 7.61. The second-order valence-corrected chi connectivity index (χ2v) is 5.66. The molecule has 0 aliphatic rings. The second kappa shape index (κ2) is 6.46. The highest BCUT2D eigenvalue weighted by molar-refractivity contribution is 7.98. The van der Waals surface area contributed by atoms with E-state index in [0.717, 1.165) is 11.1 Å².